The van der Waals surface area contributed by atoms with Crippen molar-refractivity contribution in [2.75, 3.05) is 0 Å². The lowest BCUT2D eigenvalue weighted by atomic mass is 10.2. The quantitative estimate of drug-likeness (QED) is 0.479. The number of ether oxygens (including phenoxy) is 1. The molecule has 20 heavy (non-hydrogen) atoms. The molecule has 0 fully saturated rings. The Kier molecular flexibility index (Phi) is 3.67. The first-order valence-corrected chi connectivity index (χ1v) is 5.40. The Hall–Kier alpha value is -3.27. The van der Waals surface area contributed by atoms with Crippen LogP contribution in [0.15, 0.2) is 36.7 Å². The molecule has 1 heterocycles. The number of hydrogen-bond donors (Lipinski definition) is 0. The molecule has 0 amide bonds. The van der Waals surface area contributed by atoms with Gasteiger partial charge < -0.3 is 4.74 Å². The van der Waals surface area contributed by atoms with E-state index in [1.54, 1.807) is 0 Å². The predicted octanol–water partition coefficient (Wildman–Crippen LogP) is 2.47. The van der Waals surface area contributed by atoms with Crippen LogP contribution in [0, 0.1) is 21.4 Å². The van der Waals surface area contributed by atoms with Gasteiger partial charge in [-0.1, -0.05) is 0 Å². The summed E-state index contributed by atoms with van der Waals surface area (Å²) in [4.78, 5) is 24.7. The van der Waals surface area contributed by atoms with E-state index in [9.17, 15) is 14.9 Å². The van der Waals surface area contributed by atoms with E-state index >= 15 is 0 Å². The molecule has 0 bridgehead atoms. The Bertz CT molecular complexity index is 722. The summed E-state index contributed by atoms with van der Waals surface area (Å²) in [5.74, 6) is 0.168. The number of nitro groups is 1. The molecule has 1 aromatic carbocycles. The van der Waals surface area contributed by atoms with Gasteiger partial charge in [-0.05, 0) is 18.2 Å². The highest BCUT2D eigenvalue weighted by Gasteiger charge is 2.17. The van der Waals surface area contributed by atoms with Crippen LogP contribution in [0.1, 0.15) is 15.9 Å². The van der Waals surface area contributed by atoms with E-state index in [1.807, 2.05) is 6.07 Å². The first kappa shape index (κ1) is 13.2. The second-order valence-corrected chi connectivity index (χ2v) is 3.73. The minimum Gasteiger partial charge on any atom is -0.448 e. The van der Waals surface area contributed by atoms with Crippen molar-refractivity contribution in [2.24, 2.45) is 0 Å². The topological polar surface area (TPSA) is 106 Å². The average molecular weight is 269 g/mol. The van der Waals surface area contributed by atoms with Gasteiger partial charge in [0.1, 0.15) is 5.75 Å². The molecule has 0 radical (unpaired) electrons. The molecule has 7 nitrogen and oxygen atoms in total. The molecule has 0 saturated carbocycles. The summed E-state index contributed by atoms with van der Waals surface area (Å²) < 4.78 is 5.34. The minimum atomic E-state index is -0.646. The minimum absolute atomic E-state index is 0.0288. The summed E-state index contributed by atoms with van der Waals surface area (Å²) in [6.07, 6.45) is 3.26. The molecule has 0 aliphatic carbocycles. The number of rotatable bonds is 4. The van der Waals surface area contributed by atoms with Gasteiger partial charge in [0.05, 0.1) is 22.8 Å². The number of nitrogens with zero attached hydrogens (tertiary/aromatic N) is 3. The van der Waals surface area contributed by atoms with Gasteiger partial charge in [-0.25, -0.2) is 0 Å². The standard InChI is InChI=1S/C13H7N3O4/c14-5-9-1-2-13(12(4-9)16(18)19)20-11-3-10(8-17)6-15-7-11/h1-4,6-8H. The molecular weight excluding hydrogens is 262 g/mol. The molecule has 0 saturated heterocycles. The molecule has 0 unspecified atom stereocenters. The summed E-state index contributed by atoms with van der Waals surface area (Å²) in [5, 5.41) is 19.7. The molecule has 0 spiro atoms. The van der Waals surface area contributed by atoms with Crippen LogP contribution >= 0.6 is 0 Å². The summed E-state index contributed by atoms with van der Waals surface area (Å²) in [5.41, 5.74) is 0.114. The number of hydrogen-bond acceptors (Lipinski definition) is 6. The Morgan fingerprint density at radius 1 is 1.35 bits per heavy atom. The normalized spacial score (nSPS) is 9.55. The monoisotopic (exact) mass is 269 g/mol. The van der Waals surface area contributed by atoms with Gasteiger partial charge >= 0.3 is 5.69 Å². The molecule has 7 heteroatoms. The van der Waals surface area contributed by atoms with E-state index in [-0.39, 0.29) is 22.7 Å². The van der Waals surface area contributed by atoms with Crippen LogP contribution in [0.25, 0.3) is 0 Å². The van der Waals surface area contributed by atoms with Crippen LogP contribution in [0.4, 0.5) is 5.69 Å². The maximum Gasteiger partial charge on any atom is 0.312 e. The Morgan fingerprint density at radius 2 is 2.15 bits per heavy atom. The summed E-state index contributed by atoms with van der Waals surface area (Å²) in [6, 6.07) is 7.06. The van der Waals surface area contributed by atoms with Gasteiger partial charge in [0, 0.05) is 17.8 Å². The molecule has 2 aromatic rings. The average Bonchev–Trinajstić information content (AvgIpc) is 2.47. The van der Waals surface area contributed by atoms with E-state index in [2.05, 4.69) is 4.98 Å². The van der Waals surface area contributed by atoms with Crippen LogP contribution in [0.5, 0.6) is 11.5 Å². The third-order valence-electron chi connectivity index (χ3n) is 2.38. The zero-order chi connectivity index (χ0) is 14.5. The summed E-state index contributed by atoms with van der Waals surface area (Å²) in [7, 11) is 0. The fourth-order valence-corrected chi connectivity index (χ4v) is 1.50. The SMILES string of the molecule is N#Cc1ccc(Oc2cncc(C=O)c2)c([N+](=O)[O-])c1. The van der Waals surface area contributed by atoms with Crippen LogP contribution in [-0.2, 0) is 0 Å². The first-order chi connectivity index (χ1) is 9.63. The zero-order valence-corrected chi connectivity index (χ0v) is 10.0. The van der Waals surface area contributed by atoms with Crippen molar-refractivity contribution in [1.82, 2.24) is 4.98 Å². The fourth-order valence-electron chi connectivity index (χ4n) is 1.50. The van der Waals surface area contributed by atoms with E-state index in [1.165, 1.54) is 30.6 Å². The highest BCUT2D eigenvalue weighted by atomic mass is 16.6. The number of nitriles is 1. The third kappa shape index (κ3) is 2.76. The van der Waals surface area contributed by atoms with Gasteiger partial charge in [-0.15, -0.1) is 0 Å². The van der Waals surface area contributed by atoms with Crippen molar-refractivity contribution in [2.45, 2.75) is 0 Å². The predicted molar refractivity (Wildman–Crippen MR) is 67.5 cm³/mol. The highest BCUT2D eigenvalue weighted by Crippen LogP contribution is 2.31. The largest absolute Gasteiger partial charge is 0.448 e. The van der Waals surface area contributed by atoms with E-state index in [0.29, 0.717) is 11.8 Å². The number of nitro benzene ring substituents is 1. The smallest absolute Gasteiger partial charge is 0.312 e. The Balaban J connectivity index is 2.40. The van der Waals surface area contributed by atoms with Crippen molar-refractivity contribution in [1.29, 1.82) is 5.26 Å². The lowest BCUT2D eigenvalue weighted by Crippen LogP contribution is -1.95. The number of pyridine rings is 1. The Labute approximate surface area is 113 Å². The molecule has 0 N–H and O–H groups in total. The van der Waals surface area contributed by atoms with Crippen molar-refractivity contribution in [3.05, 3.63) is 57.9 Å². The summed E-state index contributed by atoms with van der Waals surface area (Å²) >= 11 is 0. The number of carbonyl (C=O) groups excluding carboxylic acids is 1. The second-order valence-electron chi connectivity index (χ2n) is 3.73. The van der Waals surface area contributed by atoms with Crippen molar-refractivity contribution in [3.63, 3.8) is 0 Å². The van der Waals surface area contributed by atoms with Gasteiger partial charge in [-0.3, -0.25) is 19.9 Å². The van der Waals surface area contributed by atoms with Gasteiger partial charge in [0.2, 0.25) is 5.75 Å². The number of aromatic nitrogens is 1. The van der Waals surface area contributed by atoms with Crippen molar-refractivity contribution >= 4 is 12.0 Å². The van der Waals surface area contributed by atoms with Gasteiger partial charge in [0.25, 0.3) is 0 Å². The van der Waals surface area contributed by atoms with Crippen LogP contribution in [0.2, 0.25) is 0 Å². The third-order valence-corrected chi connectivity index (χ3v) is 2.38. The van der Waals surface area contributed by atoms with Crippen LogP contribution < -0.4 is 4.74 Å². The molecule has 0 atom stereocenters. The van der Waals surface area contributed by atoms with E-state index in [0.717, 1.165) is 6.07 Å². The number of benzene rings is 1. The van der Waals surface area contributed by atoms with Crippen molar-refractivity contribution < 1.29 is 14.5 Å². The Morgan fingerprint density at radius 3 is 2.80 bits per heavy atom. The van der Waals surface area contributed by atoms with Gasteiger partial charge in [-0.2, -0.15) is 5.26 Å². The number of carbonyl (C=O) groups is 1. The maximum atomic E-state index is 10.9. The molecule has 98 valence electrons. The first-order valence-electron chi connectivity index (χ1n) is 5.40. The van der Waals surface area contributed by atoms with E-state index in [4.69, 9.17) is 10.00 Å². The molecule has 0 aliphatic rings. The number of aldehydes is 1. The van der Waals surface area contributed by atoms with E-state index < -0.39 is 4.92 Å². The highest BCUT2D eigenvalue weighted by molar-refractivity contribution is 5.74. The lowest BCUT2D eigenvalue weighted by molar-refractivity contribution is -0.385. The second kappa shape index (κ2) is 5.58. The van der Waals surface area contributed by atoms with Crippen molar-refractivity contribution in [3.8, 4) is 17.6 Å². The lowest BCUT2D eigenvalue weighted by Gasteiger charge is -2.06. The fraction of sp³-hybridized carbons (Fsp3) is 0. The van der Waals surface area contributed by atoms with Gasteiger partial charge in [0.15, 0.2) is 6.29 Å². The summed E-state index contributed by atoms with van der Waals surface area (Å²) in [6.45, 7) is 0. The van der Waals surface area contributed by atoms with Crippen LogP contribution in [0.3, 0.4) is 0 Å². The molecular formula is C13H7N3O4. The molecule has 2 rings (SSSR count). The molecule has 1 aromatic heterocycles. The zero-order valence-electron chi connectivity index (χ0n) is 10.0. The maximum absolute atomic E-state index is 10.9. The van der Waals surface area contributed by atoms with Crippen LogP contribution in [-0.4, -0.2) is 16.2 Å². The molecule has 0 aliphatic heterocycles.